The Kier molecular flexibility index (Phi) is 13.4. The van der Waals surface area contributed by atoms with Gasteiger partial charge >= 0.3 is 5.97 Å². The van der Waals surface area contributed by atoms with Gasteiger partial charge in [-0.1, -0.05) is 24.3 Å². The Morgan fingerprint density at radius 3 is 1.64 bits per heavy atom. The Hall–Kier alpha value is -5.38. The van der Waals surface area contributed by atoms with Gasteiger partial charge in [0.05, 0.1) is 12.5 Å². The number of aliphatic carboxylic acids is 1. The third-order valence-electron chi connectivity index (χ3n) is 6.34. The van der Waals surface area contributed by atoms with E-state index in [0.717, 1.165) is 0 Å². The van der Waals surface area contributed by atoms with Crippen LogP contribution in [0.15, 0.2) is 53.5 Å². The quantitative estimate of drug-likeness (QED) is 0.0512. The highest BCUT2D eigenvalue weighted by Gasteiger charge is 2.31. The molecule has 0 aliphatic rings. The van der Waals surface area contributed by atoms with Gasteiger partial charge in [0.2, 0.25) is 23.6 Å². The molecule has 0 spiro atoms. The number of primary amides is 1. The highest BCUT2D eigenvalue weighted by molar-refractivity contribution is 5.95. The predicted octanol–water partition coefficient (Wildman–Crippen LogP) is -2.32. The molecule has 238 valence electrons. The summed E-state index contributed by atoms with van der Waals surface area (Å²) in [6.45, 7) is 0.105. The van der Waals surface area contributed by atoms with Crippen LogP contribution in [-0.4, -0.2) is 81.6 Å². The molecule has 16 heteroatoms. The standard InChI is InChI=1S/C28H38N8O8/c29-19(14-23(30)39)24(40)35-21(12-15-3-7-17(37)8-4-15)26(42)34-20(2-1-11-33-28(31)32)25(41)36-22(27(43)44)13-16-5-9-18(38)10-6-16/h3-10,19-22,37-38H,1-2,11-14,29H2,(H2,30,39)(H,34,42)(H,35,40)(H,36,41)(H,43,44)(H4,31,32,33). The number of guanidine groups is 1. The Morgan fingerprint density at radius 1 is 0.705 bits per heavy atom. The molecule has 0 aliphatic heterocycles. The molecule has 0 saturated heterocycles. The molecule has 0 saturated carbocycles. The number of carbonyl (C=O) groups excluding carboxylic acids is 4. The van der Waals surface area contributed by atoms with Crippen molar-refractivity contribution in [1.29, 1.82) is 0 Å². The van der Waals surface area contributed by atoms with Crippen molar-refractivity contribution in [3.63, 3.8) is 0 Å². The summed E-state index contributed by atoms with van der Waals surface area (Å²) in [5.41, 5.74) is 22.6. The number of aliphatic imine (C=N–C) groups is 1. The van der Waals surface area contributed by atoms with Crippen LogP contribution in [0.4, 0.5) is 0 Å². The maximum Gasteiger partial charge on any atom is 0.326 e. The van der Waals surface area contributed by atoms with Gasteiger partial charge in [0.1, 0.15) is 29.6 Å². The van der Waals surface area contributed by atoms with E-state index in [4.69, 9.17) is 22.9 Å². The first-order chi connectivity index (χ1) is 20.7. The molecule has 14 N–H and O–H groups in total. The summed E-state index contributed by atoms with van der Waals surface area (Å²) < 4.78 is 0. The number of carbonyl (C=O) groups is 5. The number of carboxylic acids is 1. The number of nitrogens with two attached hydrogens (primary N) is 4. The van der Waals surface area contributed by atoms with E-state index in [1.165, 1.54) is 48.5 Å². The Morgan fingerprint density at radius 2 is 1.16 bits per heavy atom. The van der Waals surface area contributed by atoms with Crippen molar-refractivity contribution in [3.05, 3.63) is 59.7 Å². The number of nitrogens with zero attached hydrogens (tertiary/aromatic N) is 1. The molecule has 0 heterocycles. The average Bonchev–Trinajstić information content (AvgIpc) is 2.95. The zero-order valence-electron chi connectivity index (χ0n) is 23.8. The largest absolute Gasteiger partial charge is 0.508 e. The van der Waals surface area contributed by atoms with Crippen LogP contribution in [0, 0.1) is 0 Å². The second-order valence-electron chi connectivity index (χ2n) is 9.99. The number of rotatable bonds is 17. The first kappa shape index (κ1) is 34.8. The molecule has 0 radical (unpaired) electrons. The van der Waals surface area contributed by atoms with E-state index in [2.05, 4.69) is 20.9 Å². The summed E-state index contributed by atoms with van der Waals surface area (Å²) >= 11 is 0. The number of hydrogen-bond donors (Lipinski definition) is 10. The Labute approximate surface area is 252 Å². The maximum atomic E-state index is 13.5. The molecule has 0 bridgehead atoms. The van der Waals surface area contributed by atoms with Gasteiger partial charge in [-0.15, -0.1) is 0 Å². The van der Waals surface area contributed by atoms with Crippen molar-refractivity contribution in [1.82, 2.24) is 16.0 Å². The molecule has 4 amide bonds. The lowest BCUT2D eigenvalue weighted by Crippen LogP contribution is -2.58. The van der Waals surface area contributed by atoms with Crippen molar-refractivity contribution in [2.45, 2.75) is 56.3 Å². The van der Waals surface area contributed by atoms with E-state index in [1.54, 1.807) is 0 Å². The molecule has 2 rings (SSSR count). The molecule has 4 atom stereocenters. The molecule has 0 aromatic heterocycles. The van der Waals surface area contributed by atoms with Crippen LogP contribution < -0.4 is 38.9 Å². The molecule has 2 aromatic carbocycles. The topological polar surface area (TPSA) is 299 Å². The van der Waals surface area contributed by atoms with Gasteiger partial charge in [0, 0.05) is 19.4 Å². The van der Waals surface area contributed by atoms with E-state index in [-0.39, 0.29) is 49.7 Å². The lowest BCUT2D eigenvalue weighted by Gasteiger charge is -2.25. The number of aromatic hydroxyl groups is 2. The van der Waals surface area contributed by atoms with Crippen LogP contribution in [0.1, 0.15) is 30.4 Å². The minimum absolute atomic E-state index is 0.0129. The Balaban J connectivity index is 2.29. The molecular formula is C28H38N8O8. The summed E-state index contributed by atoms with van der Waals surface area (Å²) in [6.07, 6.45) is -0.492. The van der Waals surface area contributed by atoms with Gasteiger partial charge < -0.3 is 54.2 Å². The number of hydrogen-bond acceptors (Lipinski definition) is 9. The SMILES string of the molecule is NC(=O)CC(N)C(=O)NC(Cc1ccc(O)cc1)C(=O)NC(CCCN=C(N)N)C(=O)NC(Cc1ccc(O)cc1)C(=O)O. The number of benzene rings is 2. The van der Waals surface area contributed by atoms with E-state index < -0.39 is 60.2 Å². The summed E-state index contributed by atoms with van der Waals surface area (Å²) in [6, 6.07) is 6.24. The third-order valence-corrected chi connectivity index (χ3v) is 6.34. The van der Waals surface area contributed by atoms with Gasteiger partial charge in [-0.05, 0) is 48.2 Å². The fraction of sp³-hybridized carbons (Fsp3) is 0.357. The van der Waals surface area contributed by atoms with Crippen molar-refractivity contribution in [3.8, 4) is 11.5 Å². The van der Waals surface area contributed by atoms with Crippen molar-refractivity contribution in [2.24, 2.45) is 27.9 Å². The van der Waals surface area contributed by atoms with Crippen LogP contribution in [0.25, 0.3) is 0 Å². The fourth-order valence-electron chi connectivity index (χ4n) is 4.05. The number of phenolic OH excluding ortho intramolecular Hbond substituents is 2. The van der Waals surface area contributed by atoms with Crippen LogP contribution in [0.3, 0.4) is 0 Å². The first-order valence-corrected chi connectivity index (χ1v) is 13.5. The zero-order valence-corrected chi connectivity index (χ0v) is 23.8. The van der Waals surface area contributed by atoms with Crippen molar-refractivity contribution >= 4 is 35.6 Å². The van der Waals surface area contributed by atoms with E-state index in [1.807, 2.05) is 0 Å². The molecular weight excluding hydrogens is 576 g/mol. The van der Waals surface area contributed by atoms with Crippen molar-refractivity contribution < 1.29 is 39.3 Å². The van der Waals surface area contributed by atoms with E-state index in [9.17, 15) is 39.3 Å². The first-order valence-electron chi connectivity index (χ1n) is 13.5. The van der Waals surface area contributed by atoms with Crippen LogP contribution in [0.2, 0.25) is 0 Å². The minimum atomic E-state index is -1.39. The molecule has 0 aliphatic carbocycles. The summed E-state index contributed by atoms with van der Waals surface area (Å²) in [7, 11) is 0. The fourth-order valence-corrected chi connectivity index (χ4v) is 4.05. The highest BCUT2D eigenvalue weighted by Crippen LogP contribution is 2.14. The van der Waals surface area contributed by atoms with Gasteiger partial charge in [0.15, 0.2) is 5.96 Å². The maximum absolute atomic E-state index is 13.5. The number of nitrogens with one attached hydrogen (secondary N) is 3. The lowest BCUT2D eigenvalue weighted by atomic mass is 10.0. The van der Waals surface area contributed by atoms with E-state index in [0.29, 0.717) is 11.1 Å². The van der Waals surface area contributed by atoms with E-state index >= 15 is 0 Å². The second kappa shape index (κ2) is 16.9. The van der Waals surface area contributed by atoms with Gasteiger partial charge in [-0.25, -0.2) is 4.79 Å². The predicted molar refractivity (Wildman–Crippen MR) is 159 cm³/mol. The zero-order chi connectivity index (χ0) is 32.8. The third kappa shape index (κ3) is 12.2. The smallest absolute Gasteiger partial charge is 0.326 e. The highest BCUT2D eigenvalue weighted by atomic mass is 16.4. The number of phenols is 2. The summed E-state index contributed by atoms with van der Waals surface area (Å²) in [5.74, 6) is -4.88. The number of amides is 4. The van der Waals surface area contributed by atoms with Gasteiger partial charge in [-0.3, -0.25) is 24.2 Å². The van der Waals surface area contributed by atoms with Crippen LogP contribution in [0.5, 0.6) is 11.5 Å². The van der Waals surface area contributed by atoms with Gasteiger partial charge in [-0.2, -0.15) is 0 Å². The van der Waals surface area contributed by atoms with Crippen molar-refractivity contribution in [2.75, 3.05) is 6.54 Å². The normalized spacial score (nSPS) is 13.4. The molecule has 16 nitrogen and oxygen atoms in total. The second-order valence-corrected chi connectivity index (χ2v) is 9.99. The summed E-state index contributed by atoms with van der Waals surface area (Å²) in [4.78, 5) is 66.6. The lowest BCUT2D eigenvalue weighted by molar-refractivity contribution is -0.142. The van der Waals surface area contributed by atoms with Gasteiger partial charge in [0.25, 0.3) is 0 Å². The van der Waals surface area contributed by atoms with Crippen LogP contribution in [-0.2, 0) is 36.8 Å². The van der Waals surface area contributed by atoms with Crippen LogP contribution >= 0.6 is 0 Å². The molecule has 0 fully saturated rings. The minimum Gasteiger partial charge on any atom is -0.508 e. The molecule has 44 heavy (non-hydrogen) atoms. The number of carboxylic acid groups (broad SMARTS) is 1. The average molecular weight is 615 g/mol. The monoisotopic (exact) mass is 614 g/mol. The Bertz CT molecular complexity index is 1330. The summed E-state index contributed by atoms with van der Waals surface area (Å²) in [5, 5.41) is 36.3. The molecule has 2 aromatic rings. The molecule has 4 unspecified atom stereocenters.